The van der Waals surface area contributed by atoms with Gasteiger partial charge in [0.2, 0.25) is 0 Å². The molecule has 9 atom stereocenters. The van der Waals surface area contributed by atoms with E-state index in [1.54, 1.807) is 0 Å². The van der Waals surface area contributed by atoms with E-state index in [0.717, 1.165) is 31.8 Å². The monoisotopic (exact) mass is 420 g/mol. The van der Waals surface area contributed by atoms with E-state index in [-0.39, 0.29) is 11.5 Å². The second-order valence-electron chi connectivity index (χ2n) is 10.8. The summed E-state index contributed by atoms with van der Waals surface area (Å²) in [4.78, 5) is 2.72. The molecule has 162 valence electrons. The van der Waals surface area contributed by atoms with Gasteiger partial charge in [0.1, 0.15) is 6.17 Å². The molecule has 3 saturated carbocycles. The van der Waals surface area contributed by atoms with Crippen LogP contribution >= 0.6 is 11.9 Å². The fourth-order valence-electron chi connectivity index (χ4n) is 7.70. The molecule has 5 fully saturated rings. The maximum absolute atomic E-state index is 14.7. The number of nitrogens with one attached hydrogen (secondary N) is 1. The summed E-state index contributed by atoms with van der Waals surface area (Å²) in [7, 11) is 0. The van der Waals surface area contributed by atoms with Crippen LogP contribution in [0, 0.1) is 40.9 Å². The highest BCUT2D eigenvalue weighted by atomic mass is 32.2. The fourth-order valence-corrected chi connectivity index (χ4v) is 8.97. The summed E-state index contributed by atoms with van der Waals surface area (Å²) in [5.74, 6) is 2.15. The number of alkyl halides is 1. The second kappa shape index (κ2) is 8.30. The first kappa shape index (κ1) is 20.5. The molecule has 2 heterocycles. The molecule has 2 bridgehead atoms. The number of hydrogen-bond donors (Lipinski definition) is 2. The molecule has 0 radical (unpaired) electrons. The molecule has 0 aromatic carbocycles. The van der Waals surface area contributed by atoms with E-state index in [9.17, 15) is 9.65 Å². The summed E-state index contributed by atoms with van der Waals surface area (Å²) in [5.41, 5.74) is 6.69. The molecule has 3 aliphatic carbocycles. The van der Waals surface area contributed by atoms with Gasteiger partial charge in [0.05, 0.1) is 12.0 Å². The van der Waals surface area contributed by atoms with E-state index < -0.39 is 6.17 Å². The van der Waals surface area contributed by atoms with Gasteiger partial charge in [-0.25, -0.2) is 4.39 Å². The molecule has 0 amide bonds. The van der Waals surface area contributed by atoms with E-state index in [2.05, 4.69) is 15.7 Å². The normalized spacial score (nSPS) is 50.7. The Morgan fingerprint density at radius 3 is 2.76 bits per heavy atom. The van der Waals surface area contributed by atoms with Crippen LogP contribution in [-0.4, -0.2) is 47.5 Å². The molecular formula is C23H37FN4S. The Kier molecular flexibility index (Phi) is 5.88. The molecule has 29 heavy (non-hydrogen) atoms. The summed E-state index contributed by atoms with van der Waals surface area (Å²) in [6.07, 6.45) is 10.3. The first-order chi connectivity index (χ1) is 14.1. The zero-order valence-electron chi connectivity index (χ0n) is 17.6. The molecular weight excluding hydrogens is 383 g/mol. The number of fused-ring (bicyclic) bond motifs is 2. The first-order valence-electron chi connectivity index (χ1n) is 12.0. The number of nitriles is 1. The highest BCUT2D eigenvalue weighted by Gasteiger charge is 2.50. The SMILES string of the molecule is N#CC1CCC(C2CCCC(CN3C[C@]4(N)CC[C@H]3C4)C2C2CCNS2)CC1F. The molecule has 0 aromatic rings. The Labute approximate surface area is 179 Å². The minimum atomic E-state index is -0.916. The van der Waals surface area contributed by atoms with Gasteiger partial charge in [-0.15, -0.1) is 0 Å². The van der Waals surface area contributed by atoms with Gasteiger partial charge in [-0.3, -0.25) is 9.62 Å². The summed E-state index contributed by atoms with van der Waals surface area (Å²) >= 11 is 1.96. The number of rotatable bonds is 4. The van der Waals surface area contributed by atoms with E-state index >= 15 is 0 Å². The van der Waals surface area contributed by atoms with Crippen molar-refractivity contribution in [2.24, 2.45) is 35.3 Å². The van der Waals surface area contributed by atoms with Crippen LogP contribution < -0.4 is 10.5 Å². The largest absolute Gasteiger partial charge is 0.324 e. The molecule has 6 heteroatoms. The maximum atomic E-state index is 14.7. The minimum Gasteiger partial charge on any atom is -0.324 e. The fraction of sp³-hybridized carbons (Fsp3) is 0.957. The van der Waals surface area contributed by atoms with Crippen molar-refractivity contribution in [1.29, 1.82) is 5.26 Å². The summed E-state index contributed by atoms with van der Waals surface area (Å²) in [6.45, 7) is 3.40. The van der Waals surface area contributed by atoms with Crippen molar-refractivity contribution in [3.05, 3.63) is 0 Å². The van der Waals surface area contributed by atoms with E-state index in [0.29, 0.717) is 35.5 Å². The number of likely N-dealkylation sites (tertiary alicyclic amines) is 1. The number of nitrogens with zero attached hydrogens (tertiary/aromatic N) is 2. The topological polar surface area (TPSA) is 65.1 Å². The lowest BCUT2D eigenvalue weighted by Crippen LogP contribution is -2.49. The lowest BCUT2D eigenvalue weighted by molar-refractivity contribution is 0.0269. The van der Waals surface area contributed by atoms with Gasteiger partial charge >= 0.3 is 0 Å². The van der Waals surface area contributed by atoms with Gasteiger partial charge in [-0.05, 0) is 81.5 Å². The van der Waals surface area contributed by atoms with Crippen LogP contribution in [0.3, 0.4) is 0 Å². The third-order valence-corrected chi connectivity index (χ3v) is 10.3. The third kappa shape index (κ3) is 3.97. The number of halogens is 1. The zero-order valence-corrected chi connectivity index (χ0v) is 18.4. The van der Waals surface area contributed by atoms with Gasteiger partial charge in [-0.1, -0.05) is 18.4 Å². The lowest BCUT2D eigenvalue weighted by atomic mass is 9.61. The van der Waals surface area contributed by atoms with Gasteiger partial charge in [-0.2, -0.15) is 5.26 Å². The quantitative estimate of drug-likeness (QED) is 0.676. The lowest BCUT2D eigenvalue weighted by Gasteiger charge is -2.48. The Hall–Kier alpha value is -0.350. The van der Waals surface area contributed by atoms with Crippen molar-refractivity contribution < 1.29 is 4.39 Å². The van der Waals surface area contributed by atoms with E-state index in [1.807, 2.05) is 11.9 Å². The van der Waals surface area contributed by atoms with Gasteiger partial charge < -0.3 is 5.73 Å². The van der Waals surface area contributed by atoms with Crippen molar-refractivity contribution in [3.8, 4) is 6.07 Å². The average Bonchev–Trinajstić information content (AvgIpc) is 3.43. The molecule has 7 unspecified atom stereocenters. The second-order valence-corrected chi connectivity index (χ2v) is 11.9. The molecule has 2 aliphatic heterocycles. The third-order valence-electron chi connectivity index (χ3n) is 9.05. The van der Waals surface area contributed by atoms with Gasteiger partial charge in [0, 0.05) is 36.5 Å². The Bertz CT molecular complexity index is 635. The number of piperidine rings is 1. The van der Waals surface area contributed by atoms with Gasteiger partial charge in [0.15, 0.2) is 0 Å². The van der Waals surface area contributed by atoms with Crippen LogP contribution in [0.15, 0.2) is 0 Å². The van der Waals surface area contributed by atoms with Crippen molar-refractivity contribution in [2.75, 3.05) is 19.6 Å². The highest BCUT2D eigenvalue weighted by molar-refractivity contribution is 7.98. The van der Waals surface area contributed by atoms with Crippen molar-refractivity contribution in [3.63, 3.8) is 0 Å². The molecule has 5 rings (SSSR count). The molecule has 5 aliphatic rings. The van der Waals surface area contributed by atoms with Crippen molar-refractivity contribution in [1.82, 2.24) is 9.62 Å². The number of nitrogens with two attached hydrogens (primary N) is 1. The van der Waals surface area contributed by atoms with E-state index in [4.69, 9.17) is 5.73 Å². The molecule has 3 N–H and O–H groups in total. The highest BCUT2D eigenvalue weighted by Crippen LogP contribution is 2.51. The molecule has 2 saturated heterocycles. The summed E-state index contributed by atoms with van der Waals surface area (Å²) < 4.78 is 18.2. The molecule has 0 aromatic heterocycles. The predicted octanol–water partition coefficient (Wildman–Crippen LogP) is 3.87. The first-order valence-corrected chi connectivity index (χ1v) is 12.9. The number of hydrogen-bond acceptors (Lipinski definition) is 5. The van der Waals surface area contributed by atoms with Crippen molar-refractivity contribution in [2.45, 2.75) is 87.2 Å². The predicted molar refractivity (Wildman–Crippen MR) is 116 cm³/mol. The van der Waals surface area contributed by atoms with Gasteiger partial charge in [0.25, 0.3) is 0 Å². The van der Waals surface area contributed by atoms with Crippen LogP contribution in [0.2, 0.25) is 0 Å². The Morgan fingerprint density at radius 2 is 2.10 bits per heavy atom. The Balaban J connectivity index is 1.32. The van der Waals surface area contributed by atoms with Crippen LogP contribution in [0.5, 0.6) is 0 Å². The molecule has 4 nitrogen and oxygen atoms in total. The Morgan fingerprint density at radius 1 is 1.21 bits per heavy atom. The summed E-state index contributed by atoms with van der Waals surface area (Å²) in [5, 5.41) is 9.91. The van der Waals surface area contributed by atoms with Crippen LogP contribution in [0.4, 0.5) is 4.39 Å². The van der Waals surface area contributed by atoms with Crippen LogP contribution in [0.25, 0.3) is 0 Å². The zero-order chi connectivity index (χ0) is 20.0. The van der Waals surface area contributed by atoms with E-state index in [1.165, 1.54) is 51.5 Å². The van der Waals surface area contributed by atoms with Crippen LogP contribution in [0.1, 0.15) is 64.2 Å². The standard InChI is InChI=1S/C23H37FN4S/c24-20-10-15(4-5-16(20)12-25)19-3-1-2-17(22(19)21-7-9-27-29-21)13-28-14-23(26)8-6-18(28)11-23/h15-22,27H,1-11,13-14,26H2/t15?,16?,17?,18-,19?,20?,21?,22?,23-/m0/s1. The van der Waals surface area contributed by atoms with Crippen LogP contribution in [-0.2, 0) is 0 Å². The molecule has 0 spiro atoms. The average molecular weight is 421 g/mol. The minimum absolute atomic E-state index is 0.0784. The smallest absolute Gasteiger partial charge is 0.116 e. The van der Waals surface area contributed by atoms with Crippen molar-refractivity contribution >= 4 is 11.9 Å². The summed E-state index contributed by atoms with van der Waals surface area (Å²) in [6, 6.07) is 2.92. The maximum Gasteiger partial charge on any atom is 0.116 e.